The fourth-order valence-corrected chi connectivity index (χ4v) is 2.11. The summed E-state index contributed by atoms with van der Waals surface area (Å²) in [4.78, 5) is 23.9. The van der Waals surface area contributed by atoms with Crippen molar-refractivity contribution in [2.75, 3.05) is 0 Å². The predicted molar refractivity (Wildman–Crippen MR) is 81.6 cm³/mol. The van der Waals surface area contributed by atoms with Crippen molar-refractivity contribution < 1.29 is 14.0 Å². The summed E-state index contributed by atoms with van der Waals surface area (Å²) in [6, 6.07) is 9.87. The lowest BCUT2D eigenvalue weighted by Gasteiger charge is -2.13. The van der Waals surface area contributed by atoms with Crippen LogP contribution in [0.2, 0.25) is 0 Å². The van der Waals surface area contributed by atoms with Gasteiger partial charge in [0.25, 0.3) is 5.91 Å². The molecule has 1 aromatic carbocycles. The summed E-state index contributed by atoms with van der Waals surface area (Å²) >= 11 is 3.30. The fraction of sp³-hybridized carbons (Fsp3) is 0.200. The molecule has 110 valence electrons. The molecule has 0 radical (unpaired) electrons. The maximum atomic E-state index is 12.0. The Balaban J connectivity index is 1.86. The van der Waals surface area contributed by atoms with Crippen molar-refractivity contribution in [2.45, 2.75) is 19.5 Å². The second-order valence-corrected chi connectivity index (χ2v) is 5.42. The summed E-state index contributed by atoms with van der Waals surface area (Å²) < 4.78 is 5.93. The molecule has 1 heterocycles. The lowest BCUT2D eigenvalue weighted by molar-refractivity contribution is -0.122. The summed E-state index contributed by atoms with van der Waals surface area (Å²) in [6.45, 7) is 1.93. The van der Waals surface area contributed by atoms with Crippen molar-refractivity contribution in [3.8, 4) is 0 Å². The van der Waals surface area contributed by atoms with E-state index in [9.17, 15) is 9.59 Å². The zero-order valence-corrected chi connectivity index (χ0v) is 13.0. The molecule has 0 aliphatic heterocycles. The molecule has 0 saturated carbocycles. The Bertz CT molecular complexity index is 626. The third kappa shape index (κ3) is 4.46. The van der Waals surface area contributed by atoms with Crippen LogP contribution in [0.4, 0.5) is 0 Å². The summed E-state index contributed by atoms with van der Waals surface area (Å²) in [5, 5.41) is 5.35. The van der Waals surface area contributed by atoms with Crippen LogP contribution in [0.5, 0.6) is 0 Å². The number of furan rings is 1. The highest BCUT2D eigenvalue weighted by atomic mass is 79.9. The minimum Gasteiger partial charge on any atom is -0.467 e. The highest BCUT2D eigenvalue weighted by molar-refractivity contribution is 9.10. The molecule has 2 rings (SSSR count). The van der Waals surface area contributed by atoms with E-state index in [-0.39, 0.29) is 11.8 Å². The van der Waals surface area contributed by atoms with Gasteiger partial charge in [-0.15, -0.1) is 0 Å². The summed E-state index contributed by atoms with van der Waals surface area (Å²) in [5.41, 5.74) is 0.495. The van der Waals surface area contributed by atoms with E-state index in [4.69, 9.17) is 4.42 Å². The first-order chi connectivity index (χ1) is 10.1. The van der Waals surface area contributed by atoms with E-state index < -0.39 is 6.04 Å². The van der Waals surface area contributed by atoms with Crippen molar-refractivity contribution >= 4 is 27.7 Å². The molecule has 21 heavy (non-hydrogen) atoms. The number of hydrogen-bond donors (Lipinski definition) is 2. The molecule has 0 aliphatic carbocycles. The smallest absolute Gasteiger partial charge is 0.251 e. The number of benzene rings is 1. The van der Waals surface area contributed by atoms with E-state index in [0.29, 0.717) is 17.9 Å². The minimum atomic E-state index is -0.633. The molecule has 0 fully saturated rings. The third-order valence-corrected chi connectivity index (χ3v) is 3.34. The second-order valence-electron chi connectivity index (χ2n) is 4.50. The molecule has 5 nitrogen and oxygen atoms in total. The van der Waals surface area contributed by atoms with Crippen LogP contribution < -0.4 is 10.6 Å². The Kier molecular flexibility index (Phi) is 5.16. The maximum Gasteiger partial charge on any atom is 0.251 e. The van der Waals surface area contributed by atoms with Gasteiger partial charge in [0.1, 0.15) is 11.8 Å². The number of carbonyl (C=O) groups excluding carboxylic acids is 2. The Morgan fingerprint density at radius 3 is 2.76 bits per heavy atom. The van der Waals surface area contributed by atoms with Crippen molar-refractivity contribution in [1.29, 1.82) is 0 Å². The van der Waals surface area contributed by atoms with Gasteiger partial charge in [0.15, 0.2) is 0 Å². The van der Waals surface area contributed by atoms with Crippen LogP contribution in [-0.4, -0.2) is 17.9 Å². The van der Waals surface area contributed by atoms with Gasteiger partial charge < -0.3 is 15.1 Å². The fourth-order valence-electron chi connectivity index (χ4n) is 1.72. The quantitative estimate of drug-likeness (QED) is 0.869. The first-order valence-electron chi connectivity index (χ1n) is 6.43. The number of carbonyl (C=O) groups is 2. The molecule has 2 aromatic rings. The van der Waals surface area contributed by atoms with E-state index in [1.54, 1.807) is 43.5 Å². The molecule has 6 heteroatoms. The summed E-state index contributed by atoms with van der Waals surface area (Å²) in [6.07, 6.45) is 1.54. The lowest BCUT2D eigenvalue weighted by atomic mass is 10.2. The Labute approximate surface area is 130 Å². The van der Waals surface area contributed by atoms with Gasteiger partial charge in [-0.1, -0.05) is 22.0 Å². The van der Waals surface area contributed by atoms with E-state index in [2.05, 4.69) is 26.6 Å². The summed E-state index contributed by atoms with van der Waals surface area (Å²) in [5.74, 6) is 0.0977. The first-order valence-corrected chi connectivity index (χ1v) is 7.22. The van der Waals surface area contributed by atoms with Crippen LogP contribution in [0.1, 0.15) is 23.0 Å². The van der Waals surface area contributed by atoms with Crippen LogP contribution >= 0.6 is 15.9 Å². The second kappa shape index (κ2) is 7.08. The molecule has 0 unspecified atom stereocenters. The van der Waals surface area contributed by atoms with Gasteiger partial charge >= 0.3 is 0 Å². The van der Waals surface area contributed by atoms with E-state index in [1.807, 2.05) is 6.07 Å². The summed E-state index contributed by atoms with van der Waals surface area (Å²) in [7, 11) is 0. The molecule has 0 aliphatic rings. The van der Waals surface area contributed by atoms with Crippen LogP contribution in [-0.2, 0) is 11.3 Å². The number of nitrogens with one attached hydrogen (secondary N) is 2. The Morgan fingerprint density at radius 2 is 2.10 bits per heavy atom. The highest BCUT2D eigenvalue weighted by Gasteiger charge is 2.16. The maximum absolute atomic E-state index is 12.0. The normalized spacial score (nSPS) is 11.7. The Hall–Kier alpha value is -2.08. The molecular formula is C15H15BrN2O3. The topological polar surface area (TPSA) is 71.3 Å². The van der Waals surface area contributed by atoms with Gasteiger partial charge in [0.2, 0.25) is 5.91 Å². The van der Waals surface area contributed by atoms with Gasteiger partial charge in [-0.2, -0.15) is 0 Å². The van der Waals surface area contributed by atoms with Gasteiger partial charge in [0.05, 0.1) is 12.8 Å². The van der Waals surface area contributed by atoms with Crippen LogP contribution in [0, 0.1) is 0 Å². The molecular weight excluding hydrogens is 336 g/mol. The van der Waals surface area contributed by atoms with E-state index >= 15 is 0 Å². The molecule has 0 saturated heterocycles. The SMILES string of the molecule is C[C@@H](NC(=O)c1cccc(Br)c1)C(=O)NCc1ccco1. The van der Waals surface area contributed by atoms with Crippen molar-refractivity contribution in [3.05, 3.63) is 58.5 Å². The van der Waals surface area contributed by atoms with E-state index in [0.717, 1.165) is 4.47 Å². The predicted octanol–water partition coefficient (Wildman–Crippen LogP) is 2.48. The number of halogens is 1. The zero-order valence-electron chi connectivity index (χ0n) is 11.4. The molecule has 1 atom stereocenters. The van der Waals surface area contributed by atoms with Gasteiger partial charge in [0, 0.05) is 10.0 Å². The number of amides is 2. The average Bonchev–Trinajstić information content (AvgIpc) is 2.97. The standard InChI is InChI=1S/C15H15BrN2O3/c1-10(14(19)17-9-13-6-3-7-21-13)18-15(20)11-4-2-5-12(16)8-11/h2-8,10H,9H2,1H3,(H,17,19)(H,18,20)/t10-/m1/s1. The van der Waals surface area contributed by atoms with Crippen molar-refractivity contribution in [3.63, 3.8) is 0 Å². The Morgan fingerprint density at radius 1 is 1.29 bits per heavy atom. The van der Waals surface area contributed by atoms with Crippen LogP contribution in [0.25, 0.3) is 0 Å². The molecule has 2 amide bonds. The third-order valence-electron chi connectivity index (χ3n) is 2.84. The molecule has 1 aromatic heterocycles. The minimum absolute atomic E-state index is 0.269. The highest BCUT2D eigenvalue weighted by Crippen LogP contribution is 2.11. The van der Waals surface area contributed by atoms with Crippen LogP contribution in [0.3, 0.4) is 0 Å². The zero-order chi connectivity index (χ0) is 15.2. The monoisotopic (exact) mass is 350 g/mol. The number of rotatable bonds is 5. The van der Waals surface area contributed by atoms with Gasteiger partial charge in [-0.25, -0.2) is 0 Å². The van der Waals surface area contributed by atoms with Crippen molar-refractivity contribution in [1.82, 2.24) is 10.6 Å². The largest absolute Gasteiger partial charge is 0.467 e. The number of hydrogen-bond acceptors (Lipinski definition) is 3. The van der Waals surface area contributed by atoms with Gasteiger partial charge in [-0.3, -0.25) is 9.59 Å². The van der Waals surface area contributed by atoms with Crippen LogP contribution in [0.15, 0.2) is 51.6 Å². The first kappa shape index (κ1) is 15.3. The molecule has 2 N–H and O–H groups in total. The van der Waals surface area contributed by atoms with Crippen molar-refractivity contribution in [2.24, 2.45) is 0 Å². The molecule has 0 spiro atoms. The molecule has 0 bridgehead atoms. The lowest BCUT2D eigenvalue weighted by Crippen LogP contribution is -2.44. The van der Waals surface area contributed by atoms with E-state index in [1.165, 1.54) is 0 Å². The average molecular weight is 351 g/mol. The van der Waals surface area contributed by atoms with Gasteiger partial charge in [-0.05, 0) is 37.3 Å².